The lowest BCUT2D eigenvalue weighted by Gasteiger charge is -2.17. The summed E-state index contributed by atoms with van der Waals surface area (Å²) in [6.45, 7) is 1.72. The average Bonchev–Trinajstić information content (AvgIpc) is 2.56. The van der Waals surface area contributed by atoms with Crippen LogP contribution in [0, 0.1) is 0 Å². The van der Waals surface area contributed by atoms with Crippen LogP contribution < -0.4 is 10.6 Å². The predicted molar refractivity (Wildman–Crippen MR) is 95.8 cm³/mol. The minimum absolute atomic E-state index is 0.236. The molecule has 0 fully saturated rings. The molecule has 1 atom stereocenters. The number of nitrogens with one attached hydrogen (secondary N) is 2. The van der Waals surface area contributed by atoms with Gasteiger partial charge in [-0.2, -0.15) is 11.8 Å². The second kappa shape index (κ2) is 11.0. The van der Waals surface area contributed by atoms with Crippen LogP contribution in [0.25, 0.3) is 0 Å². The summed E-state index contributed by atoms with van der Waals surface area (Å²) in [5, 5.41) is 5.08. The van der Waals surface area contributed by atoms with Crippen molar-refractivity contribution in [2.24, 2.45) is 0 Å². The molecule has 0 saturated heterocycles. The van der Waals surface area contributed by atoms with Crippen LogP contribution in [0.2, 0.25) is 0 Å². The lowest BCUT2D eigenvalue weighted by molar-refractivity contribution is -0.147. The molecule has 1 aromatic rings. The van der Waals surface area contributed by atoms with Crippen molar-refractivity contribution in [3.8, 4) is 0 Å². The molecule has 1 rings (SSSR count). The van der Waals surface area contributed by atoms with Gasteiger partial charge in [0.2, 0.25) is 5.91 Å². The molecule has 2 amide bonds. The third-order valence-electron chi connectivity index (χ3n) is 2.89. The highest BCUT2D eigenvalue weighted by Crippen LogP contribution is 2.09. The van der Waals surface area contributed by atoms with Crippen molar-refractivity contribution in [3.63, 3.8) is 0 Å². The van der Waals surface area contributed by atoms with Crippen LogP contribution in [-0.4, -0.2) is 54.0 Å². The fourth-order valence-corrected chi connectivity index (χ4v) is 2.61. The Balaban J connectivity index is 2.52. The van der Waals surface area contributed by atoms with E-state index in [0.717, 1.165) is 0 Å². The summed E-state index contributed by atoms with van der Waals surface area (Å²) in [7, 11) is 0. The largest absolute Gasteiger partial charge is 0.464 e. The maximum absolute atomic E-state index is 12.0. The fraction of sp³-hybridized carbons (Fsp3) is 0.467. The maximum Gasteiger partial charge on any atom is 0.328 e. The number of amides is 2. The number of esters is 1. The zero-order valence-electron chi connectivity index (χ0n) is 13.5. The molecule has 24 heavy (non-hydrogen) atoms. The van der Waals surface area contributed by atoms with Gasteiger partial charge in [-0.25, -0.2) is 4.79 Å². The third-order valence-corrected chi connectivity index (χ3v) is 3.97. The van der Waals surface area contributed by atoms with Gasteiger partial charge in [-0.3, -0.25) is 14.6 Å². The maximum atomic E-state index is 12.0. The molecule has 1 heterocycles. The van der Waals surface area contributed by atoms with Crippen molar-refractivity contribution in [1.82, 2.24) is 15.6 Å². The highest BCUT2D eigenvalue weighted by atomic mass is 79.9. The van der Waals surface area contributed by atoms with E-state index in [-0.39, 0.29) is 13.2 Å². The summed E-state index contributed by atoms with van der Waals surface area (Å²) >= 11 is 4.79. The fourth-order valence-electron chi connectivity index (χ4n) is 1.77. The number of pyridine rings is 1. The van der Waals surface area contributed by atoms with E-state index in [1.807, 2.05) is 6.26 Å². The molecule has 0 aliphatic rings. The van der Waals surface area contributed by atoms with E-state index in [1.54, 1.807) is 30.9 Å². The summed E-state index contributed by atoms with van der Waals surface area (Å²) in [6.07, 6.45) is 5.34. The van der Waals surface area contributed by atoms with E-state index in [1.165, 1.54) is 6.20 Å². The number of thioether (sulfide) groups is 1. The molecule has 0 aromatic carbocycles. The second-order valence-electron chi connectivity index (χ2n) is 4.73. The number of hydrogen-bond donors (Lipinski definition) is 2. The highest BCUT2D eigenvalue weighted by molar-refractivity contribution is 9.10. The molecule has 1 aromatic heterocycles. The van der Waals surface area contributed by atoms with Crippen molar-refractivity contribution < 1.29 is 19.1 Å². The number of carbonyl (C=O) groups is 3. The standard InChI is InChI=1S/C15H20BrN3O4S/c1-3-23-15(22)12(4-5-24-2)19-13(20)9-18-14(21)10-6-11(16)8-17-7-10/h6-8,12H,3-5,9H2,1-2H3,(H,18,21)(H,19,20). The summed E-state index contributed by atoms with van der Waals surface area (Å²) < 4.78 is 5.61. The van der Waals surface area contributed by atoms with E-state index < -0.39 is 23.8 Å². The molecule has 9 heteroatoms. The molecule has 132 valence electrons. The van der Waals surface area contributed by atoms with E-state index in [4.69, 9.17) is 4.74 Å². The summed E-state index contributed by atoms with van der Waals surface area (Å²) in [4.78, 5) is 39.6. The Kier molecular flexibility index (Phi) is 9.39. The summed E-state index contributed by atoms with van der Waals surface area (Å²) in [5.41, 5.74) is 0.335. The van der Waals surface area contributed by atoms with Gasteiger partial charge in [0.05, 0.1) is 18.7 Å². The van der Waals surface area contributed by atoms with Gasteiger partial charge in [-0.1, -0.05) is 0 Å². The van der Waals surface area contributed by atoms with Crippen molar-refractivity contribution in [2.45, 2.75) is 19.4 Å². The molecular formula is C15H20BrN3O4S. The number of ether oxygens (including phenoxy) is 1. The molecule has 0 spiro atoms. The molecule has 0 saturated carbocycles. The van der Waals surface area contributed by atoms with E-state index in [9.17, 15) is 14.4 Å². The monoisotopic (exact) mass is 417 g/mol. The van der Waals surface area contributed by atoms with Crippen LogP contribution in [0.15, 0.2) is 22.9 Å². The van der Waals surface area contributed by atoms with Crippen molar-refractivity contribution in [1.29, 1.82) is 0 Å². The molecule has 0 bridgehead atoms. The summed E-state index contributed by atoms with van der Waals surface area (Å²) in [5.74, 6) is -0.636. The van der Waals surface area contributed by atoms with Crippen LogP contribution in [0.4, 0.5) is 0 Å². The Bertz CT molecular complexity index is 586. The number of nitrogens with zero attached hydrogens (tertiary/aromatic N) is 1. The Labute approximate surface area is 153 Å². The van der Waals surface area contributed by atoms with Crippen LogP contribution in [0.3, 0.4) is 0 Å². The van der Waals surface area contributed by atoms with Gasteiger partial charge in [-0.15, -0.1) is 0 Å². The van der Waals surface area contributed by atoms with Crippen molar-refractivity contribution in [2.75, 3.05) is 25.2 Å². The van der Waals surface area contributed by atoms with Crippen molar-refractivity contribution >= 4 is 45.5 Å². The van der Waals surface area contributed by atoms with Crippen LogP contribution in [-0.2, 0) is 14.3 Å². The minimum atomic E-state index is -0.714. The topological polar surface area (TPSA) is 97.4 Å². The Hall–Kier alpha value is -1.61. The molecule has 0 aliphatic heterocycles. The van der Waals surface area contributed by atoms with E-state index in [0.29, 0.717) is 22.2 Å². The van der Waals surface area contributed by atoms with Crippen LogP contribution >= 0.6 is 27.7 Å². The first-order valence-electron chi connectivity index (χ1n) is 7.31. The van der Waals surface area contributed by atoms with Crippen molar-refractivity contribution in [3.05, 3.63) is 28.5 Å². The van der Waals surface area contributed by atoms with E-state index >= 15 is 0 Å². The molecule has 1 unspecified atom stereocenters. The quantitative estimate of drug-likeness (QED) is 0.588. The number of aromatic nitrogens is 1. The minimum Gasteiger partial charge on any atom is -0.464 e. The second-order valence-corrected chi connectivity index (χ2v) is 6.63. The first-order chi connectivity index (χ1) is 11.5. The van der Waals surface area contributed by atoms with Gasteiger partial charge in [0.15, 0.2) is 0 Å². The molecular weight excluding hydrogens is 398 g/mol. The molecule has 7 nitrogen and oxygen atoms in total. The Morgan fingerprint density at radius 1 is 1.38 bits per heavy atom. The van der Waals surface area contributed by atoms with Crippen LogP contribution in [0.5, 0.6) is 0 Å². The van der Waals surface area contributed by atoms with Gasteiger partial charge in [0.1, 0.15) is 6.04 Å². The zero-order chi connectivity index (χ0) is 17.9. The van der Waals surface area contributed by atoms with Gasteiger partial charge in [-0.05, 0) is 47.3 Å². The predicted octanol–water partition coefficient (Wildman–Crippen LogP) is 1.37. The van der Waals surface area contributed by atoms with Gasteiger partial charge < -0.3 is 15.4 Å². The number of halogens is 1. The van der Waals surface area contributed by atoms with Gasteiger partial charge >= 0.3 is 5.97 Å². The average molecular weight is 418 g/mol. The highest BCUT2D eigenvalue weighted by Gasteiger charge is 2.21. The smallest absolute Gasteiger partial charge is 0.328 e. The SMILES string of the molecule is CCOC(=O)C(CCSC)NC(=O)CNC(=O)c1cncc(Br)c1. The number of carbonyl (C=O) groups excluding carboxylic acids is 3. The Morgan fingerprint density at radius 2 is 2.12 bits per heavy atom. The normalized spacial score (nSPS) is 11.5. The zero-order valence-corrected chi connectivity index (χ0v) is 15.9. The number of rotatable bonds is 9. The molecule has 0 radical (unpaired) electrons. The van der Waals surface area contributed by atoms with E-state index in [2.05, 4.69) is 31.5 Å². The summed E-state index contributed by atoms with van der Waals surface area (Å²) in [6, 6.07) is 0.884. The third kappa shape index (κ3) is 7.31. The lowest BCUT2D eigenvalue weighted by Crippen LogP contribution is -2.46. The molecule has 0 aliphatic carbocycles. The van der Waals surface area contributed by atoms with Gasteiger partial charge in [0, 0.05) is 16.9 Å². The number of hydrogen-bond acceptors (Lipinski definition) is 6. The molecule has 2 N–H and O–H groups in total. The lowest BCUT2D eigenvalue weighted by atomic mass is 10.2. The first kappa shape index (κ1) is 20.4. The first-order valence-corrected chi connectivity index (χ1v) is 9.50. The Morgan fingerprint density at radius 3 is 2.75 bits per heavy atom. The van der Waals surface area contributed by atoms with Gasteiger partial charge in [0.25, 0.3) is 5.91 Å². The van der Waals surface area contributed by atoms with Crippen LogP contribution in [0.1, 0.15) is 23.7 Å².